The zero-order valence-corrected chi connectivity index (χ0v) is 12.0. The standard InChI is InChI=1S/C14H18N4O.ClH/c15-14(19)13-11-8-10(1-2-12(11)17-18-13)7-9-3-5-16-6-4-9;/h1-2,8-9,16H,3-7H2,(H2,15,19)(H,17,18);1H. The molecule has 1 aliphatic heterocycles. The molecule has 0 aliphatic carbocycles. The minimum atomic E-state index is -0.481. The highest BCUT2D eigenvalue weighted by Gasteiger charge is 2.15. The van der Waals surface area contributed by atoms with E-state index in [1.54, 1.807) is 0 Å². The van der Waals surface area contributed by atoms with E-state index in [1.807, 2.05) is 12.1 Å². The van der Waals surface area contributed by atoms with Crippen LogP contribution in [0.4, 0.5) is 0 Å². The van der Waals surface area contributed by atoms with Gasteiger partial charge in [0.05, 0.1) is 5.52 Å². The molecule has 0 radical (unpaired) electrons. The largest absolute Gasteiger partial charge is 0.364 e. The highest BCUT2D eigenvalue weighted by atomic mass is 35.5. The smallest absolute Gasteiger partial charge is 0.269 e. The van der Waals surface area contributed by atoms with Gasteiger partial charge in [-0.25, -0.2) is 0 Å². The molecule has 3 rings (SSSR count). The normalized spacial score (nSPS) is 16.0. The molecule has 0 bridgehead atoms. The Morgan fingerprint density at radius 3 is 2.80 bits per heavy atom. The summed E-state index contributed by atoms with van der Waals surface area (Å²) in [6.07, 6.45) is 3.49. The van der Waals surface area contributed by atoms with E-state index in [9.17, 15) is 4.79 Å². The van der Waals surface area contributed by atoms with E-state index < -0.39 is 5.91 Å². The molecule has 1 saturated heterocycles. The summed E-state index contributed by atoms with van der Waals surface area (Å²) >= 11 is 0. The molecule has 1 aliphatic rings. The van der Waals surface area contributed by atoms with E-state index in [4.69, 9.17) is 5.73 Å². The van der Waals surface area contributed by atoms with Crippen molar-refractivity contribution < 1.29 is 4.79 Å². The molecule has 1 aromatic heterocycles. The number of aromatic amines is 1. The molecule has 1 aromatic carbocycles. The molecule has 20 heavy (non-hydrogen) atoms. The molecule has 108 valence electrons. The van der Waals surface area contributed by atoms with Crippen LogP contribution in [0.5, 0.6) is 0 Å². The summed E-state index contributed by atoms with van der Waals surface area (Å²) in [5.41, 5.74) is 7.78. The van der Waals surface area contributed by atoms with Crippen LogP contribution in [0.2, 0.25) is 0 Å². The predicted octanol–water partition coefficient (Wildman–Crippen LogP) is 1.63. The topological polar surface area (TPSA) is 83.8 Å². The summed E-state index contributed by atoms with van der Waals surface area (Å²) in [7, 11) is 0. The highest BCUT2D eigenvalue weighted by molar-refractivity contribution is 6.03. The van der Waals surface area contributed by atoms with Crippen molar-refractivity contribution in [1.29, 1.82) is 0 Å². The maximum atomic E-state index is 11.3. The van der Waals surface area contributed by atoms with Crippen molar-refractivity contribution in [3.05, 3.63) is 29.5 Å². The van der Waals surface area contributed by atoms with Gasteiger partial charge in [0.1, 0.15) is 0 Å². The first-order chi connectivity index (χ1) is 9.24. The number of benzene rings is 1. The Morgan fingerprint density at radius 2 is 2.10 bits per heavy atom. The van der Waals surface area contributed by atoms with Crippen LogP contribution in [-0.2, 0) is 6.42 Å². The van der Waals surface area contributed by atoms with Gasteiger partial charge in [-0.2, -0.15) is 5.10 Å². The van der Waals surface area contributed by atoms with Gasteiger partial charge in [0, 0.05) is 5.39 Å². The number of primary amides is 1. The third-order valence-corrected chi connectivity index (χ3v) is 3.84. The fourth-order valence-electron chi connectivity index (χ4n) is 2.80. The first-order valence-electron chi connectivity index (χ1n) is 6.71. The maximum Gasteiger partial charge on any atom is 0.269 e. The second kappa shape index (κ2) is 6.24. The van der Waals surface area contributed by atoms with Crippen LogP contribution in [0.3, 0.4) is 0 Å². The lowest BCUT2D eigenvalue weighted by Gasteiger charge is -2.22. The molecule has 0 atom stereocenters. The average molecular weight is 295 g/mol. The fraction of sp³-hybridized carbons (Fsp3) is 0.429. The highest BCUT2D eigenvalue weighted by Crippen LogP contribution is 2.22. The summed E-state index contributed by atoms with van der Waals surface area (Å²) in [5.74, 6) is 0.243. The first kappa shape index (κ1) is 14.8. The van der Waals surface area contributed by atoms with Crippen LogP contribution in [0.25, 0.3) is 10.9 Å². The van der Waals surface area contributed by atoms with Gasteiger partial charge in [0.2, 0.25) is 0 Å². The Hall–Kier alpha value is -1.59. The number of fused-ring (bicyclic) bond motifs is 1. The molecule has 2 heterocycles. The van der Waals surface area contributed by atoms with E-state index in [1.165, 1.54) is 18.4 Å². The van der Waals surface area contributed by atoms with E-state index in [2.05, 4.69) is 21.6 Å². The lowest BCUT2D eigenvalue weighted by Crippen LogP contribution is -2.28. The number of nitrogens with one attached hydrogen (secondary N) is 2. The van der Waals surface area contributed by atoms with Crippen LogP contribution < -0.4 is 11.1 Å². The zero-order valence-electron chi connectivity index (χ0n) is 11.2. The Bertz CT molecular complexity index is 604. The zero-order chi connectivity index (χ0) is 13.2. The van der Waals surface area contributed by atoms with Crippen LogP contribution >= 0.6 is 12.4 Å². The predicted molar refractivity (Wildman–Crippen MR) is 81.2 cm³/mol. The number of hydrogen-bond acceptors (Lipinski definition) is 3. The molecule has 4 N–H and O–H groups in total. The summed E-state index contributed by atoms with van der Waals surface area (Å²) in [6, 6.07) is 6.12. The Morgan fingerprint density at radius 1 is 1.35 bits per heavy atom. The van der Waals surface area contributed by atoms with Crippen molar-refractivity contribution >= 4 is 29.2 Å². The van der Waals surface area contributed by atoms with Gasteiger partial charge in [-0.15, -0.1) is 12.4 Å². The molecule has 2 aromatic rings. The SMILES string of the molecule is Cl.NC(=O)c1n[nH]c2ccc(CC3CCNCC3)cc12. The van der Waals surface area contributed by atoms with E-state index in [0.717, 1.165) is 36.3 Å². The molecular weight excluding hydrogens is 276 g/mol. The van der Waals surface area contributed by atoms with Gasteiger partial charge in [-0.05, 0) is 56.0 Å². The summed E-state index contributed by atoms with van der Waals surface area (Å²) in [4.78, 5) is 11.3. The van der Waals surface area contributed by atoms with Gasteiger partial charge >= 0.3 is 0 Å². The number of amides is 1. The molecular formula is C14H19ClN4O. The van der Waals surface area contributed by atoms with E-state index in [-0.39, 0.29) is 12.4 Å². The molecule has 6 heteroatoms. The van der Waals surface area contributed by atoms with Crippen molar-refractivity contribution in [3.8, 4) is 0 Å². The summed E-state index contributed by atoms with van der Waals surface area (Å²) < 4.78 is 0. The number of carbonyl (C=O) groups is 1. The lowest BCUT2D eigenvalue weighted by atomic mass is 9.90. The van der Waals surface area contributed by atoms with Gasteiger partial charge in [0.25, 0.3) is 5.91 Å². The van der Waals surface area contributed by atoms with Crippen molar-refractivity contribution in [3.63, 3.8) is 0 Å². The number of carbonyl (C=O) groups excluding carboxylic acids is 1. The lowest BCUT2D eigenvalue weighted by molar-refractivity contribution is 0.0997. The summed E-state index contributed by atoms with van der Waals surface area (Å²) in [5, 5.41) is 11.0. The van der Waals surface area contributed by atoms with Crippen LogP contribution in [-0.4, -0.2) is 29.2 Å². The van der Waals surface area contributed by atoms with Crippen LogP contribution in [0.15, 0.2) is 18.2 Å². The Balaban J connectivity index is 0.00000147. The molecule has 1 amide bonds. The van der Waals surface area contributed by atoms with Crippen LogP contribution in [0.1, 0.15) is 28.9 Å². The fourth-order valence-corrected chi connectivity index (χ4v) is 2.80. The number of halogens is 1. The quantitative estimate of drug-likeness (QED) is 0.804. The van der Waals surface area contributed by atoms with E-state index in [0.29, 0.717) is 5.69 Å². The number of H-pyrrole nitrogens is 1. The van der Waals surface area contributed by atoms with Crippen molar-refractivity contribution in [1.82, 2.24) is 15.5 Å². The average Bonchev–Trinajstić information content (AvgIpc) is 2.83. The number of piperidine rings is 1. The van der Waals surface area contributed by atoms with Gasteiger partial charge in [-0.1, -0.05) is 6.07 Å². The van der Waals surface area contributed by atoms with Crippen LogP contribution in [0, 0.1) is 5.92 Å². The van der Waals surface area contributed by atoms with Gasteiger partial charge in [0.15, 0.2) is 5.69 Å². The first-order valence-corrected chi connectivity index (χ1v) is 6.71. The number of aromatic nitrogens is 2. The Labute approximate surface area is 123 Å². The minimum absolute atomic E-state index is 0. The third kappa shape index (κ3) is 2.94. The van der Waals surface area contributed by atoms with Crippen molar-refractivity contribution in [2.45, 2.75) is 19.3 Å². The second-order valence-corrected chi connectivity index (χ2v) is 5.21. The minimum Gasteiger partial charge on any atom is -0.364 e. The van der Waals surface area contributed by atoms with E-state index >= 15 is 0 Å². The maximum absolute atomic E-state index is 11.3. The number of hydrogen-bond donors (Lipinski definition) is 3. The van der Waals surface area contributed by atoms with Gasteiger partial charge < -0.3 is 11.1 Å². The molecule has 0 unspecified atom stereocenters. The molecule has 0 spiro atoms. The third-order valence-electron chi connectivity index (χ3n) is 3.84. The number of nitrogens with zero attached hydrogens (tertiary/aromatic N) is 1. The summed E-state index contributed by atoms with van der Waals surface area (Å²) in [6.45, 7) is 2.20. The molecule has 0 saturated carbocycles. The monoisotopic (exact) mass is 294 g/mol. The Kier molecular flexibility index (Phi) is 4.62. The number of rotatable bonds is 3. The van der Waals surface area contributed by atoms with Crippen molar-refractivity contribution in [2.75, 3.05) is 13.1 Å². The second-order valence-electron chi connectivity index (χ2n) is 5.21. The molecule has 5 nitrogen and oxygen atoms in total. The number of nitrogens with two attached hydrogens (primary N) is 1. The van der Waals surface area contributed by atoms with Crippen molar-refractivity contribution in [2.24, 2.45) is 11.7 Å². The van der Waals surface area contributed by atoms with Gasteiger partial charge in [-0.3, -0.25) is 9.89 Å². The molecule has 1 fully saturated rings.